The zero-order chi connectivity index (χ0) is 17.8. The number of thiophene rings is 1. The quantitative estimate of drug-likeness (QED) is 0.798. The van der Waals surface area contributed by atoms with Crippen LogP contribution in [0, 0.1) is 0 Å². The van der Waals surface area contributed by atoms with E-state index in [4.69, 9.17) is 11.6 Å². The molecule has 26 heavy (non-hydrogen) atoms. The third-order valence-electron chi connectivity index (χ3n) is 4.32. The summed E-state index contributed by atoms with van der Waals surface area (Å²) >= 11 is 7.55. The molecule has 140 valence electrons. The van der Waals surface area contributed by atoms with Crippen LogP contribution >= 0.6 is 35.3 Å². The van der Waals surface area contributed by atoms with Crippen molar-refractivity contribution >= 4 is 52.8 Å². The summed E-state index contributed by atoms with van der Waals surface area (Å²) in [5, 5.41) is 8.27. The van der Waals surface area contributed by atoms with Crippen molar-refractivity contribution in [3.63, 3.8) is 0 Å². The summed E-state index contributed by atoms with van der Waals surface area (Å²) in [5.74, 6) is -0.266. The number of hydrogen-bond acceptors (Lipinski definition) is 4. The maximum absolute atomic E-state index is 12.8. The average Bonchev–Trinajstić information content (AvgIpc) is 3.18. The first-order valence-corrected chi connectivity index (χ1v) is 9.45. The molecule has 8 heteroatoms. The molecule has 5 nitrogen and oxygen atoms in total. The number of likely N-dealkylation sites (tertiary alicyclic amines) is 1. The highest BCUT2D eigenvalue weighted by Gasteiger charge is 2.24. The van der Waals surface area contributed by atoms with Gasteiger partial charge in [-0.1, -0.05) is 17.7 Å². The molecule has 2 amide bonds. The second kappa shape index (κ2) is 9.37. The maximum Gasteiger partial charge on any atom is 0.265 e. The summed E-state index contributed by atoms with van der Waals surface area (Å²) in [5.41, 5.74) is 0.982. The molecule has 1 saturated heterocycles. The van der Waals surface area contributed by atoms with Gasteiger partial charge in [0, 0.05) is 24.7 Å². The van der Waals surface area contributed by atoms with E-state index < -0.39 is 0 Å². The Morgan fingerprint density at radius 1 is 1.31 bits per heavy atom. The van der Waals surface area contributed by atoms with Crippen molar-refractivity contribution in [2.75, 3.05) is 25.5 Å². The lowest BCUT2D eigenvalue weighted by Crippen LogP contribution is -2.46. The minimum atomic E-state index is -0.227. The van der Waals surface area contributed by atoms with Crippen LogP contribution in [0.3, 0.4) is 0 Å². The van der Waals surface area contributed by atoms with Crippen molar-refractivity contribution in [3.8, 4) is 0 Å². The van der Waals surface area contributed by atoms with E-state index in [2.05, 4.69) is 10.6 Å². The molecule has 0 aliphatic carbocycles. The van der Waals surface area contributed by atoms with E-state index in [0.29, 0.717) is 33.7 Å². The van der Waals surface area contributed by atoms with Crippen LogP contribution in [0.15, 0.2) is 35.7 Å². The average molecular weight is 414 g/mol. The lowest BCUT2D eigenvalue weighted by Gasteiger charge is -2.32. The van der Waals surface area contributed by atoms with Gasteiger partial charge in [0.05, 0.1) is 15.6 Å². The molecule has 1 fully saturated rings. The van der Waals surface area contributed by atoms with Gasteiger partial charge in [-0.25, -0.2) is 0 Å². The van der Waals surface area contributed by atoms with Gasteiger partial charge in [-0.15, -0.1) is 23.7 Å². The van der Waals surface area contributed by atoms with E-state index in [0.717, 1.165) is 19.4 Å². The second-order valence-corrected chi connectivity index (χ2v) is 7.36. The van der Waals surface area contributed by atoms with Gasteiger partial charge in [0.2, 0.25) is 0 Å². The molecule has 3 rings (SSSR count). The molecule has 0 spiro atoms. The number of nitrogens with zero attached hydrogens (tertiary/aromatic N) is 1. The Balaban J connectivity index is 0.00000243. The highest BCUT2D eigenvalue weighted by atomic mass is 35.5. The zero-order valence-electron chi connectivity index (χ0n) is 14.3. The summed E-state index contributed by atoms with van der Waals surface area (Å²) < 4.78 is 0. The number of rotatable bonds is 4. The van der Waals surface area contributed by atoms with Crippen LogP contribution in [-0.4, -0.2) is 42.9 Å². The largest absolute Gasteiger partial charge is 0.337 e. The molecule has 2 heterocycles. The van der Waals surface area contributed by atoms with Gasteiger partial charge in [0.1, 0.15) is 0 Å². The van der Waals surface area contributed by atoms with Crippen molar-refractivity contribution in [3.05, 3.63) is 51.2 Å². The Morgan fingerprint density at radius 2 is 2.12 bits per heavy atom. The van der Waals surface area contributed by atoms with Crippen molar-refractivity contribution in [2.24, 2.45) is 0 Å². The van der Waals surface area contributed by atoms with E-state index in [1.807, 2.05) is 23.4 Å². The Labute approximate surface area is 168 Å². The van der Waals surface area contributed by atoms with Crippen LogP contribution in [0.2, 0.25) is 5.02 Å². The minimum absolute atomic E-state index is 0. The highest BCUT2D eigenvalue weighted by Crippen LogP contribution is 2.25. The zero-order valence-corrected chi connectivity index (χ0v) is 16.7. The molecular weight excluding hydrogens is 393 g/mol. The van der Waals surface area contributed by atoms with Crippen LogP contribution in [-0.2, 0) is 0 Å². The number of carbonyl (C=O) groups excluding carboxylic acids is 2. The third-order valence-corrected chi connectivity index (χ3v) is 5.52. The molecule has 1 aromatic heterocycles. The van der Waals surface area contributed by atoms with Gasteiger partial charge >= 0.3 is 0 Å². The van der Waals surface area contributed by atoms with Gasteiger partial charge < -0.3 is 15.5 Å². The van der Waals surface area contributed by atoms with Crippen molar-refractivity contribution in [1.82, 2.24) is 10.2 Å². The second-order valence-electron chi connectivity index (χ2n) is 6.01. The smallest absolute Gasteiger partial charge is 0.265 e. The molecule has 1 atom stereocenters. The van der Waals surface area contributed by atoms with Gasteiger partial charge in [0.15, 0.2) is 0 Å². The molecule has 1 unspecified atom stereocenters. The van der Waals surface area contributed by atoms with Gasteiger partial charge in [0.25, 0.3) is 11.8 Å². The van der Waals surface area contributed by atoms with Crippen LogP contribution in [0.25, 0.3) is 0 Å². The van der Waals surface area contributed by atoms with E-state index in [1.54, 1.807) is 24.3 Å². The molecule has 2 N–H and O–H groups in total. The summed E-state index contributed by atoms with van der Waals surface area (Å²) in [7, 11) is 1.92. The lowest BCUT2D eigenvalue weighted by atomic mass is 10.0. The van der Waals surface area contributed by atoms with Gasteiger partial charge in [-0.3, -0.25) is 9.59 Å². The summed E-state index contributed by atoms with van der Waals surface area (Å²) in [6.45, 7) is 1.44. The Morgan fingerprint density at radius 3 is 2.81 bits per heavy atom. The van der Waals surface area contributed by atoms with E-state index >= 15 is 0 Å². The topological polar surface area (TPSA) is 61.4 Å². The fourth-order valence-corrected chi connectivity index (χ4v) is 3.71. The van der Waals surface area contributed by atoms with E-state index in [-0.39, 0.29) is 24.2 Å². The number of benzene rings is 1. The Kier molecular flexibility index (Phi) is 7.46. The van der Waals surface area contributed by atoms with Crippen molar-refractivity contribution < 1.29 is 9.59 Å². The first-order valence-electron chi connectivity index (χ1n) is 8.19. The van der Waals surface area contributed by atoms with E-state index in [9.17, 15) is 9.59 Å². The minimum Gasteiger partial charge on any atom is -0.337 e. The molecule has 1 aromatic carbocycles. The number of hydrogen-bond donors (Lipinski definition) is 2. The van der Waals surface area contributed by atoms with Crippen LogP contribution in [0.1, 0.15) is 32.9 Å². The molecule has 0 saturated carbocycles. The fraction of sp³-hybridized carbons (Fsp3) is 0.333. The van der Waals surface area contributed by atoms with Crippen LogP contribution < -0.4 is 10.6 Å². The van der Waals surface area contributed by atoms with Crippen molar-refractivity contribution in [2.45, 2.75) is 18.9 Å². The van der Waals surface area contributed by atoms with E-state index in [1.165, 1.54) is 11.3 Å². The van der Waals surface area contributed by atoms with Crippen molar-refractivity contribution in [1.29, 1.82) is 0 Å². The summed E-state index contributed by atoms with van der Waals surface area (Å²) in [6, 6.07) is 8.89. The number of piperidine rings is 1. The number of carbonyl (C=O) groups is 2. The molecule has 1 aliphatic heterocycles. The predicted molar refractivity (Wildman–Crippen MR) is 109 cm³/mol. The van der Waals surface area contributed by atoms with Gasteiger partial charge in [-0.05, 0) is 49.5 Å². The number of halogens is 2. The monoisotopic (exact) mass is 413 g/mol. The molecule has 1 aliphatic rings. The van der Waals surface area contributed by atoms with Gasteiger partial charge in [-0.2, -0.15) is 0 Å². The predicted octanol–water partition coefficient (Wildman–Crippen LogP) is 3.90. The van der Waals surface area contributed by atoms with Crippen LogP contribution in [0.5, 0.6) is 0 Å². The Hall–Kier alpha value is -1.60. The van der Waals surface area contributed by atoms with Crippen LogP contribution in [0.4, 0.5) is 5.69 Å². The first kappa shape index (κ1) is 20.7. The first-order chi connectivity index (χ1) is 12.1. The highest BCUT2D eigenvalue weighted by molar-refractivity contribution is 7.12. The summed E-state index contributed by atoms with van der Waals surface area (Å²) in [4.78, 5) is 27.5. The number of likely N-dealkylation sites (N-methyl/N-ethyl adjacent to an activating group) is 1. The fourth-order valence-electron chi connectivity index (χ4n) is 2.93. The molecular formula is C18H21Cl2N3O2S. The number of nitrogens with one attached hydrogen (secondary N) is 2. The maximum atomic E-state index is 12.8. The Bertz CT molecular complexity index is 768. The standard InChI is InChI=1S/C18H20ClN3O2S.ClH/c1-20-13-4-2-8-22(11-13)18(24)12-6-7-14(19)15(10-12)21-17(23)16-5-3-9-25-16;/h3,5-7,9-10,13,20H,2,4,8,11H2,1H3,(H,21,23);1H. The number of amides is 2. The normalized spacial score (nSPS) is 16.7. The SMILES string of the molecule is CNC1CCCN(C(=O)c2ccc(Cl)c(NC(=O)c3cccs3)c2)C1.Cl. The molecule has 0 radical (unpaired) electrons. The third kappa shape index (κ3) is 4.76. The lowest BCUT2D eigenvalue weighted by molar-refractivity contribution is 0.0698. The molecule has 0 bridgehead atoms. The summed E-state index contributed by atoms with van der Waals surface area (Å²) in [6.07, 6.45) is 2.05. The molecule has 2 aromatic rings. The number of anilines is 1.